The van der Waals surface area contributed by atoms with E-state index in [2.05, 4.69) is 15.5 Å². The van der Waals surface area contributed by atoms with Crippen LogP contribution >= 0.6 is 23.6 Å². The summed E-state index contributed by atoms with van der Waals surface area (Å²) in [6.07, 6.45) is 1.60. The van der Waals surface area contributed by atoms with Gasteiger partial charge in [-0.25, -0.2) is 0 Å². The number of nitrogens with two attached hydrogens (primary N) is 1. The summed E-state index contributed by atoms with van der Waals surface area (Å²) in [6.45, 7) is 1.90. The third-order valence-electron chi connectivity index (χ3n) is 4.13. The van der Waals surface area contributed by atoms with E-state index in [9.17, 15) is 9.59 Å². The second-order valence-electron chi connectivity index (χ2n) is 6.00. The number of nitrogens with zero attached hydrogens (tertiary/aromatic N) is 3. The number of thiophene rings is 1. The Hall–Kier alpha value is -2.04. The van der Waals surface area contributed by atoms with Gasteiger partial charge in [0.1, 0.15) is 6.54 Å². The van der Waals surface area contributed by atoms with E-state index in [4.69, 9.17) is 18.0 Å². The largest absolute Gasteiger partial charge is 0.369 e. The molecule has 0 aliphatic carbocycles. The Morgan fingerprint density at radius 1 is 1.40 bits per heavy atom. The van der Waals surface area contributed by atoms with Crippen LogP contribution in [0, 0.1) is 4.77 Å². The lowest BCUT2D eigenvalue weighted by Crippen LogP contribution is -2.47. The monoisotopic (exact) mass is 380 g/mol. The van der Waals surface area contributed by atoms with E-state index in [1.807, 2.05) is 22.4 Å². The fraction of sp³-hybridized carbons (Fsp3) is 0.467. The first-order chi connectivity index (χ1) is 12.0. The molecule has 3 heterocycles. The van der Waals surface area contributed by atoms with Crippen molar-refractivity contribution in [3.63, 3.8) is 0 Å². The molecular formula is C15H20N6O2S2. The summed E-state index contributed by atoms with van der Waals surface area (Å²) in [4.78, 5) is 26.3. The molecule has 2 amide bonds. The van der Waals surface area contributed by atoms with Gasteiger partial charge in [0, 0.05) is 19.1 Å². The quantitative estimate of drug-likeness (QED) is 0.640. The first kappa shape index (κ1) is 17.8. The van der Waals surface area contributed by atoms with Gasteiger partial charge in [-0.15, -0.1) is 11.3 Å². The van der Waals surface area contributed by atoms with E-state index in [0.29, 0.717) is 10.6 Å². The predicted octanol–water partition coefficient (Wildman–Crippen LogP) is 0.735. The van der Waals surface area contributed by atoms with Crippen LogP contribution in [0.2, 0.25) is 0 Å². The van der Waals surface area contributed by atoms with Gasteiger partial charge in [0.05, 0.1) is 11.4 Å². The maximum atomic E-state index is 12.4. The van der Waals surface area contributed by atoms with E-state index in [1.165, 1.54) is 0 Å². The molecule has 0 spiro atoms. The van der Waals surface area contributed by atoms with E-state index in [0.717, 1.165) is 30.8 Å². The smallest absolute Gasteiger partial charge is 0.240 e. The summed E-state index contributed by atoms with van der Waals surface area (Å²) < 4.78 is 2.13. The molecule has 25 heavy (non-hydrogen) atoms. The zero-order valence-corrected chi connectivity index (χ0v) is 15.2. The average molecular weight is 380 g/mol. The highest BCUT2D eigenvalue weighted by atomic mass is 32.1. The zero-order valence-electron chi connectivity index (χ0n) is 13.6. The van der Waals surface area contributed by atoms with Gasteiger partial charge in [-0.1, -0.05) is 6.07 Å². The average Bonchev–Trinajstić information content (AvgIpc) is 3.20. The lowest BCUT2D eigenvalue weighted by molar-refractivity contribution is -0.123. The number of piperidine rings is 1. The minimum absolute atomic E-state index is 0.0938. The van der Waals surface area contributed by atoms with Crippen LogP contribution < -0.4 is 11.1 Å². The summed E-state index contributed by atoms with van der Waals surface area (Å²) in [7, 11) is 0. The molecule has 10 heteroatoms. The number of H-pyrrole nitrogens is 1. The van der Waals surface area contributed by atoms with Crippen LogP contribution in [0.15, 0.2) is 17.5 Å². The summed E-state index contributed by atoms with van der Waals surface area (Å²) in [6, 6.07) is 3.98. The molecule has 2 aromatic rings. The molecule has 0 radical (unpaired) electrons. The number of carbonyl (C=O) groups excluding carboxylic acids is 2. The number of hydrogen-bond acceptors (Lipinski definition) is 6. The fourth-order valence-corrected chi connectivity index (χ4v) is 3.85. The molecular weight excluding hydrogens is 360 g/mol. The first-order valence-electron chi connectivity index (χ1n) is 8.02. The first-order valence-corrected chi connectivity index (χ1v) is 9.31. The minimum atomic E-state index is -0.321. The Labute approximate surface area is 154 Å². The number of carbonyl (C=O) groups is 2. The molecule has 1 fully saturated rings. The zero-order chi connectivity index (χ0) is 17.8. The maximum absolute atomic E-state index is 12.4. The van der Waals surface area contributed by atoms with Crippen molar-refractivity contribution in [2.75, 3.05) is 19.6 Å². The van der Waals surface area contributed by atoms with Crippen molar-refractivity contribution in [1.82, 2.24) is 25.0 Å². The van der Waals surface area contributed by atoms with E-state index in [1.54, 1.807) is 15.9 Å². The molecule has 1 saturated heterocycles. The number of nitrogens with one attached hydrogen (secondary N) is 2. The third kappa shape index (κ3) is 4.53. The fourth-order valence-electron chi connectivity index (χ4n) is 2.93. The minimum Gasteiger partial charge on any atom is -0.369 e. The number of aromatic nitrogens is 3. The van der Waals surface area contributed by atoms with Crippen LogP contribution in [-0.4, -0.2) is 57.2 Å². The van der Waals surface area contributed by atoms with Crippen LogP contribution in [0.5, 0.6) is 0 Å². The van der Waals surface area contributed by atoms with Crippen LogP contribution in [0.25, 0.3) is 10.7 Å². The number of amides is 2. The molecule has 0 saturated carbocycles. The highest BCUT2D eigenvalue weighted by molar-refractivity contribution is 7.71. The molecule has 2 aromatic heterocycles. The summed E-state index contributed by atoms with van der Waals surface area (Å²) in [5.74, 6) is 0.257. The number of likely N-dealkylation sites (tertiary alicyclic amines) is 1. The molecule has 3 rings (SSSR count). The molecule has 134 valence electrons. The number of primary amides is 1. The Kier molecular flexibility index (Phi) is 5.61. The van der Waals surface area contributed by atoms with Crippen molar-refractivity contribution in [3.05, 3.63) is 22.3 Å². The van der Waals surface area contributed by atoms with E-state index in [-0.39, 0.29) is 30.9 Å². The van der Waals surface area contributed by atoms with E-state index < -0.39 is 0 Å². The molecule has 0 atom stereocenters. The van der Waals surface area contributed by atoms with Gasteiger partial charge in [0.2, 0.25) is 11.8 Å². The molecule has 1 aliphatic heterocycles. The van der Waals surface area contributed by atoms with Gasteiger partial charge in [0.15, 0.2) is 10.6 Å². The van der Waals surface area contributed by atoms with Gasteiger partial charge < -0.3 is 11.1 Å². The maximum Gasteiger partial charge on any atom is 0.240 e. The SMILES string of the molecule is NC(=O)CN1CCC(NC(=O)Cn2c(-c3cccs3)n[nH]c2=S)CC1. The van der Waals surface area contributed by atoms with Gasteiger partial charge in [-0.05, 0) is 36.5 Å². The topological polar surface area (TPSA) is 109 Å². The summed E-state index contributed by atoms with van der Waals surface area (Å²) in [5, 5.41) is 12.0. The Morgan fingerprint density at radius 2 is 2.16 bits per heavy atom. The molecule has 4 N–H and O–H groups in total. The Bertz CT molecular complexity index is 789. The molecule has 0 bridgehead atoms. The number of hydrogen-bond donors (Lipinski definition) is 3. The van der Waals surface area contributed by atoms with Crippen LogP contribution in [0.1, 0.15) is 12.8 Å². The van der Waals surface area contributed by atoms with Crippen LogP contribution in [0.3, 0.4) is 0 Å². The standard InChI is InChI=1S/C15H20N6O2S2/c16-12(22)8-20-5-3-10(4-6-20)17-13(23)9-21-14(18-19-15(21)24)11-2-1-7-25-11/h1-2,7,10H,3-6,8-9H2,(H2,16,22)(H,17,23)(H,19,24). The number of aromatic amines is 1. The summed E-state index contributed by atoms with van der Waals surface area (Å²) >= 11 is 6.79. The molecule has 0 unspecified atom stereocenters. The Morgan fingerprint density at radius 3 is 2.80 bits per heavy atom. The second kappa shape index (κ2) is 7.89. The lowest BCUT2D eigenvalue weighted by Gasteiger charge is -2.31. The molecule has 0 aromatic carbocycles. The van der Waals surface area contributed by atoms with Crippen molar-refractivity contribution in [1.29, 1.82) is 0 Å². The lowest BCUT2D eigenvalue weighted by atomic mass is 10.1. The van der Waals surface area contributed by atoms with Crippen molar-refractivity contribution in [2.45, 2.75) is 25.4 Å². The van der Waals surface area contributed by atoms with Crippen molar-refractivity contribution in [3.8, 4) is 10.7 Å². The van der Waals surface area contributed by atoms with Gasteiger partial charge in [-0.3, -0.25) is 24.2 Å². The summed E-state index contributed by atoms with van der Waals surface area (Å²) in [5.41, 5.74) is 5.21. The highest BCUT2D eigenvalue weighted by Crippen LogP contribution is 2.22. The molecule has 1 aliphatic rings. The van der Waals surface area contributed by atoms with Gasteiger partial charge in [0.25, 0.3) is 0 Å². The Balaban J connectivity index is 1.57. The normalized spacial score (nSPS) is 16.0. The van der Waals surface area contributed by atoms with E-state index >= 15 is 0 Å². The molecule has 8 nitrogen and oxygen atoms in total. The predicted molar refractivity (Wildman–Crippen MR) is 97.5 cm³/mol. The van der Waals surface area contributed by atoms with Crippen molar-refractivity contribution in [2.24, 2.45) is 5.73 Å². The third-order valence-corrected chi connectivity index (χ3v) is 5.31. The number of rotatable bonds is 6. The van der Waals surface area contributed by atoms with Crippen molar-refractivity contribution >= 4 is 35.4 Å². The van der Waals surface area contributed by atoms with Gasteiger partial charge in [-0.2, -0.15) is 5.10 Å². The highest BCUT2D eigenvalue weighted by Gasteiger charge is 2.22. The van der Waals surface area contributed by atoms with Crippen LogP contribution in [-0.2, 0) is 16.1 Å². The van der Waals surface area contributed by atoms with Gasteiger partial charge >= 0.3 is 0 Å². The van der Waals surface area contributed by atoms with Crippen LogP contribution in [0.4, 0.5) is 0 Å². The van der Waals surface area contributed by atoms with Crippen molar-refractivity contribution < 1.29 is 9.59 Å². The second-order valence-corrected chi connectivity index (χ2v) is 7.33.